The Labute approximate surface area is 61.3 Å². The fourth-order valence-corrected chi connectivity index (χ4v) is 0.806. The number of hydrogen-bond donors (Lipinski definition) is 0. The molecule has 10 heavy (non-hydrogen) atoms. The van der Waals surface area contributed by atoms with Gasteiger partial charge in [0.2, 0.25) is 0 Å². The van der Waals surface area contributed by atoms with Crippen LogP contribution in [-0.2, 0) is 14.2 Å². The van der Waals surface area contributed by atoms with Gasteiger partial charge in [0.25, 0.3) is 0 Å². The van der Waals surface area contributed by atoms with Crippen LogP contribution in [0.2, 0.25) is 0 Å². The van der Waals surface area contributed by atoms with Crippen molar-refractivity contribution in [1.82, 2.24) is 0 Å². The Hall–Kier alpha value is -0.120. The van der Waals surface area contributed by atoms with Crippen molar-refractivity contribution in [2.45, 2.75) is 25.6 Å². The van der Waals surface area contributed by atoms with E-state index >= 15 is 0 Å². The molecule has 0 bridgehead atoms. The molecule has 3 nitrogen and oxygen atoms in total. The zero-order valence-electron chi connectivity index (χ0n) is 6.72. The number of epoxide rings is 1. The predicted octanol–water partition coefficient (Wildman–Crippen LogP) is 0.784. The molecule has 1 atom stereocenters. The molecule has 1 fully saturated rings. The van der Waals surface area contributed by atoms with Crippen LogP contribution in [0.15, 0.2) is 0 Å². The molecule has 3 heteroatoms. The van der Waals surface area contributed by atoms with Crippen molar-refractivity contribution in [3.63, 3.8) is 0 Å². The van der Waals surface area contributed by atoms with Crippen LogP contribution in [-0.4, -0.2) is 32.2 Å². The number of hydrogen-bond acceptors (Lipinski definition) is 3. The Bertz CT molecular complexity index is 111. The van der Waals surface area contributed by atoms with Gasteiger partial charge in [-0.3, -0.25) is 0 Å². The van der Waals surface area contributed by atoms with Crippen LogP contribution in [0.5, 0.6) is 0 Å². The highest BCUT2D eigenvalue weighted by molar-refractivity contribution is 4.94. The second-order valence-electron chi connectivity index (χ2n) is 2.99. The van der Waals surface area contributed by atoms with Crippen LogP contribution < -0.4 is 0 Å². The average Bonchev–Trinajstić information content (AvgIpc) is 2.41. The molecule has 1 rings (SSSR count). The van der Waals surface area contributed by atoms with E-state index < -0.39 is 0 Å². The van der Waals surface area contributed by atoms with Gasteiger partial charge < -0.3 is 14.2 Å². The van der Waals surface area contributed by atoms with Crippen molar-refractivity contribution in [1.29, 1.82) is 0 Å². The van der Waals surface area contributed by atoms with E-state index in [0.29, 0.717) is 13.4 Å². The monoisotopic (exact) mass is 146 g/mol. The lowest BCUT2D eigenvalue weighted by Gasteiger charge is -1.99. The highest BCUT2D eigenvalue weighted by Gasteiger charge is 2.47. The second kappa shape index (κ2) is 2.86. The summed E-state index contributed by atoms with van der Waals surface area (Å²) < 4.78 is 15.1. The fourth-order valence-electron chi connectivity index (χ4n) is 0.806. The zero-order chi connectivity index (χ0) is 7.61. The molecule has 60 valence electrons. The Balaban J connectivity index is 1.97. The topological polar surface area (TPSA) is 31.0 Å². The van der Waals surface area contributed by atoms with Gasteiger partial charge >= 0.3 is 0 Å². The van der Waals surface area contributed by atoms with Gasteiger partial charge in [-0.25, -0.2) is 0 Å². The largest absolute Gasteiger partial charge is 0.364 e. The summed E-state index contributed by atoms with van der Waals surface area (Å²) in [5.41, 5.74) is 0.0355. The van der Waals surface area contributed by atoms with Crippen LogP contribution in [0.1, 0.15) is 13.8 Å². The lowest BCUT2D eigenvalue weighted by molar-refractivity contribution is -0.0352. The minimum atomic E-state index is 0.0355. The maximum Gasteiger partial charge on any atom is 0.146 e. The minimum absolute atomic E-state index is 0.0355. The third kappa shape index (κ3) is 1.94. The zero-order valence-corrected chi connectivity index (χ0v) is 6.72. The molecular weight excluding hydrogens is 132 g/mol. The number of methoxy groups -OCH3 is 1. The van der Waals surface area contributed by atoms with Gasteiger partial charge in [-0.15, -0.1) is 0 Å². The Kier molecular flexibility index (Phi) is 2.28. The van der Waals surface area contributed by atoms with Gasteiger partial charge in [0.1, 0.15) is 12.9 Å². The molecule has 0 saturated carbocycles. The van der Waals surface area contributed by atoms with Gasteiger partial charge in [-0.1, -0.05) is 0 Å². The molecule has 0 radical (unpaired) electrons. The first-order valence-corrected chi connectivity index (χ1v) is 3.41. The summed E-state index contributed by atoms with van der Waals surface area (Å²) in [5, 5.41) is 0. The third-order valence-electron chi connectivity index (χ3n) is 1.63. The minimum Gasteiger partial charge on any atom is -0.364 e. The lowest BCUT2D eigenvalue weighted by atomic mass is 10.1. The lowest BCUT2D eigenvalue weighted by Crippen LogP contribution is -2.11. The quantitative estimate of drug-likeness (QED) is 0.333. The molecule has 0 spiro atoms. The molecule has 0 aromatic carbocycles. The fraction of sp³-hybridized carbons (Fsp3) is 1.00. The van der Waals surface area contributed by atoms with Crippen LogP contribution in [0.3, 0.4) is 0 Å². The first-order chi connectivity index (χ1) is 4.67. The van der Waals surface area contributed by atoms with Crippen molar-refractivity contribution < 1.29 is 14.2 Å². The molecule has 0 amide bonds. The van der Waals surface area contributed by atoms with E-state index in [1.807, 2.05) is 13.8 Å². The highest BCUT2D eigenvalue weighted by Crippen LogP contribution is 2.34. The van der Waals surface area contributed by atoms with E-state index in [0.717, 1.165) is 0 Å². The van der Waals surface area contributed by atoms with E-state index in [4.69, 9.17) is 14.2 Å². The summed E-state index contributed by atoms with van der Waals surface area (Å²) in [4.78, 5) is 0. The molecule has 1 saturated heterocycles. The first kappa shape index (κ1) is 7.98. The van der Waals surface area contributed by atoms with Crippen molar-refractivity contribution in [3.8, 4) is 0 Å². The standard InChI is InChI=1S/C7H14O3/c1-7(2)6(10-7)4-9-5-8-3/h6H,4-5H2,1-3H3. The van der Waals surface area contributed by atoms with Crippen molar-refractivity contribution in [2.24, 2.45) is 0 Å². The van der Waals surface area contributed by atoms with Gasteiger partial charge in [-0.2, -0.15) is 0 Å². The molecule has 0 aromatic rings. The number of ether oxygens (including phenoxy) is 3. The molecule has 1 aliphatic rings. The molecule has 1 heterocycles. The van der Waals surface area contributed by atoms with Crippen LogP contribution in [0.25, 0.3) is 0 Å². The van der Waals surface area contributed by atoms with Crippen molar-refractivity contribution in [3.05, 3.63) is 0 Å². The van der Waals surface area contributed by atoms with Crippen LogP contribution in [0, 0.1) is 0 Å². The van der Waals surface area contributed by atoms with Crippen LogP contribution >= 0.6 is 0 Å². The van der Waals surface area contributed by atoms with Crippen LogP contribution in [0.4, 0.5) is 0 Å². The number of rotatable bonds is 4. The molecule has 1 unspecified atom stereocenters. The summed E-state index contributed by atoms with van der Waals surface area (Å²) in [7, 11) is 1.61. The maximum atomic E-state index is 5.27. The first-order valence-electron chi connectivity index (χ1n) is 3.41. The van der Waals surface area contributed by atoms with Gasteiger partial charge in [0.15, 0.2) is 0 Å². The predicted molar refractivity (Wildman–Crippen MR) is 36.8 cm³/mol. The van der Waals surface area contributed by atoms with Crippen molar-refractivity contribution in [2.75, 3.05) is 20.5 Å². The highest BCUT2D eigenvalue weighted by atomic mass is 16.7. The van der Waals surface area contributed by atoms with Gasteiger partial charge in [-0.05, 0) is 13.8 Å². The van der Waals surface area contributed by atoms with Crippen molar-refractivity contribution >= 4 is 0 Å². The SMILES string of the molecule is COCOCC1OC1(C)C. The summed E-state index contributed by atoms with van der Waals surface area (Å²) in [6.07, 6.45) is 0.266. The maximum absolute atomic E-state index is 5.27. The molecule has 0 aromatic heterocycles. The summed E-state index contributed by atoms with van der Waals surface area (Å²) in [6, 6.07) is 0. The van der Waals surface area contributed by atoms with E-state index in [2.05, 4.69) is 0 Å². The summed E-state index contributed by atoms with van der Waals surface area (Å²) >= 11 is 0. The molecular formula is C7H14O3. The second-order valence-corrected chi connectivity index (χ2v) is 2.99. The van der Waals surface area contributed by atoms with Gasteiger partial charge in [0, 0.05) is 7.11 Å². The van der Waals surface area contributed by atoms with Gasteiger partial charge in [0.05, 0.1) is 12.2 Å². The summed E-state index contributed by atoms with van der Waals surface area (Å²) in [5.74, 6) is 0. The van der Waals surface area contributed by atoms with E-state index in [9.17, 15) is 0 Å². The smallest absolute Gasteiger partial charge is 0.146 e. The van der Waals surface area contributed by atoms with E-state index in [1.54, 1.807) is 7.11 Å². The average molecular weight is 146 g/mol. The Morgan fingerprint density at radius 1 is 1.50 bits per heavy atom. The normalized spacial score (nSPS) is 28.5. The molecule has 0 aliphatic carbocycles. The molecule has 1 aliphatic heterocycles. The Morgan fingerprint density at radius 2 is 2.10 bits per heavy atom. The van der Waals surface area contributed by atoms with E-state index in [1.165, 1.54) is 0 Å². The molecule has 0 N–H and O–H groups in total. The van der Waals surface area contributed by atoms with E-state index in [-0.39, 0.29) is 11.7 Å². The summed E-state index contributed by atoms with van der Waals surface area (Å²) in [6.45, 7) is 5.10. The third-order valence-corrected chi connectivity index (χ3v) is 1.63. The Morgan fingerprint density at radius 3 is 2.50 bits per heavy atom.